The van der Waals surface area contributed by atoms with Crippen LogP contribution in [0.2, 0.25) is 0 Å². The molecule has 8 aromatic carbocycles. The third-order valence-corrected chi connectivity index (χ3v) is 24.0. The molecule has 37 heteroatoms. The van der Waals surface area contributed by atoms with Crippen LogP contribution in [0, 0.1) is 0 Å². The fraction of sp³-hybridized carbons (Fsp3) is 0.344. The molecule has 127 heavy (non-hydrogen) atoms. The van der Waals surface area contributed by atoms with E-state index in [4.69, 9.17) is 14.2 Å². The lowest BCUT2D eigenvalue weighted by Crippen LogP contribution is -2.53. The van der Waals surface area contributed by atoms with E-state index in [2.05, 4.69) is 90.2 Å². The minimum atomic E-state index is -3.03. The molecule has 14 rings (SSSR count). The first-order chi connectivity index (χ1) is 60.5. The molecule has 25 nitrogen and oxygen atoms in total. The number of carbonyl (C=O) groups is 3. The number of unbranched alkanes of at least 4 members (excludes halogenated alkanes) is 1. The van der Waals surface area contributed by atoms with Crippen LogP contribution in [0.3, 0.4) is 0 Å². The predicted molar refractivity (Wildman–Crippen MR) is 485 cm³/mol. The molecule has 0 spiro atoms. The van der Waals surface area contributed by atoms with Gasteiger partial charge >= 0.3 is 26.4 Å². The van der Waals surface area contributed by atoms with Crippen LogP contribution in [0.25, 0.3) is 54.7 Å². The van der Waals surface area contributed by atoms with Crippen LogP contribution in [0.1, 0.15) is 106 Å². The van der Waals surface area contributed by atoms with Crippen molar-refractivity contribution in [2.45, 2.75) is 145 Å². The Hall–Kier alpha value is -11.3. The highest BCUT2D eigenvalue weighted by Crippen LogP contribution is 2.34. The standard InChI is InChI=1S/C32H37F2N7O4.C21H22BrF2N3O3.C20H21BrF2N2O2.C17H14Br2F2N2O2/c1-6-38(21(3)42)18-23-7-10-29(45-31(33)34)25(13-23)19-41-28-14-24(8-9-27(28)30(44)37(41)5)26-15-35-32(36-16-26)39-11-12-40(22(4)43)20(2)17-39;1-4-26(13(2)28)11-14-5-8-19(30-21(23)24)15(9-14)12-27-18-10-16(22)6-7-17(18)20(29)25(27)3;1-3-4-5-13-6-9-18(27-20(22)23)14(10-13)12-25-17-11-15(21)7-8-16(17)19(26)24(25)2;1-22-16(24)13-4-3-12(19)7-14(13)23(22)9-11-6-10(8-18)2-5-15(11)25-17(20)21/h7-10,13-16,20,31H,6,11-12,17-19H2,1-5H3;5-10,21H,4,11-12H2,1-3H3;6-11,20H,3-5,12H2,1-2H3;2-7,17H,8-9H2,1H3/t20-;;;/m1.../s1. The summed E-state index contributed by atoms with van der Waals surface area (Å²) in [6.45, 7) is 4.84. The first-order valence-corrected chi connectivity index (χ1v) is 43.9. The molecule has 0 unspecified atom stereocenters. The molecule has 1 saturated heterocycles. The van der Waals surface area contributed by atoms with Crippen molar-refractivity contribution in [1.82, 2.24) is 62.1 Å². The highest BCUT2D eigenvalue weighted by molar-refractivity contribution is 9.11. The molecule has 0 N–H and O–H groups in total. The third kappa shape index (κ3) is 23.4. The zero-order valence-corrected chi connectivity index (χ0v) is 77.6. The third-order valence-electron chi connectivity index (χ3n) is 21.8. The zero-order valence-electron chi connectivity index (χ0n) is 71.3. The quantitative estimate of drug-likeness (QED) is 0.0328. The number of benzene rings is 8. The summed E-state index contributed by atoms with van der Waals surface area (Å²) in [7, 11) is 6.57. The van der Waals surface area contributed by atoms with Crippen LogP contribution in [0.4, 0.5) is 41.1 Å². The number of piperazine rings is 1. The summed E-state index contributed by atoms with van der Waals surface area (Å²) in [5, 5.41) is 2.74. The number of aryl methyl sites for hydroxylation is 1. The van der Waals surface area contributed by atoms with Gasteiger partial charge in [0, 0.05) is 160 Å². The van der Waals surface area contributed by atoms with Crippen molar-refractivity contribution >= 4 is 131 Å². The Morgan fingerprint density at radius 2 is 0.772 bits per heavy atom. The molecule has 0 aliphatic carbocycles. The second-order valence-corrected chi connectivity index (χ2v) is 33.4. The van der Waals surface area contributed by atoms with E-state index in [0.29, 0.717) is 117 Å². The molecule has 0 saturated carbocycles. The van der Waals surface area contributed by atoms with Crippen molar-refractivity contribution in [3.63, 3.8) is 0 Å². The molecule has 1 atom stereocenters. The summed E-state index contributed by atoms with van der Waals surface area (Å²) >= 11 is 13.6. The van der Waals surface area contributed by atoms with Crippen molar-refractivity contribution in [2.75, 3.05) is 37.6 Å². The van der Waals surface area contributed by atoms with Gasteiger partial charge in [0.15, 0.2) is 0 Å². The van der Waals surface area contributed by atoms with Crippen molar-refractivity contribution in [1.29, 1.82) is 0 Å². The van der Waals surface area contributed by atoms with E-state index < -0.39 is 26.4 Å². The van der Waals surface area contributed by atoms with E-state index in [1.54, 1.807) is 155 Å². The molecule has 1 aliphatic heterocycles. The smallest absolute Gasteiger partial charge is 0.387 e. The van der Waals surface area contributed by atoms with Crippen molar-refractivity contribution in [2.24, 2.45) is 28.2 Å². The summed E-state index contributed by atoms with van der Waals surface area (Å²) in [6, 6.07) is 41.6. The molecule has 0 radical (unpaired) electrons. The van der Waals surface area contributed by atoms with E-state index in [0.717, 1.165) is 71.6 Å². The Bertz CT molecular complexity index is 6410. The summed E-state index contributed by atoms with van der Waals surface area (Å²) < 4.78 is 138. The van der Waals surface area contributed by atoms with Gasteiger partial charge < -0.3 is 38.5 Å². The lowest BCUT2D eigenvalue weighted by atomic mass is 10.0. The molecular formula is C90H94Br4F8N14O11. The van der Waals surface area contributed by atoms with Gasteiger partial charge in [0.1, 0.15) is 23.0 Å². The van der Waals surface area contributed by atoms with Gasteiger partial charge in [-0.05, 0) is 171 Å². The van der Waals surface area contributed by atoms with Crippen LogP contribution < -0.4 is 46.1 Å². The van der Waals surface area contributed by atoms with Crippen LogP contribution in [-0.2, 0) is 93.6 Å². The van der Waals surface area contributed by atoms with Crippen LogP contribution in [0.5, 0.6) is 23.0 Å². The van der Waals surface area contributed by atoms with E-state index in [9.17, 15) is 68.7 Å². The van der Waals surface area contributed by atoms with Gasteiger partial charge in [-0.25, -0.2) is 9.97 Å². The Labute approximate surface area is 758 Å². The number of hydrogen-bond acceptors (Lipinski definition) is 14. The highest BCUT2D eigenvalue weighted by atomic mass is 79.9. The van der Waals surface area contributed by atoms with E-state index >= 15 is 0 Å². The van der Waals surface area contributed by atoms with Gasteiger partial charge in [-0.2, -0.15) is 35.1 Å². The molecule has 3 amide bonds. The van der Waals surface area contributed by atoms with Crippen LogP contribution >= 0.6 is 63.7 Å². The number of aromatic nitrogens is 10. The van der Waals surface area contributed by atoms with Gasteiger partial charge in [-0.3, -0.25) is 71.0 Å². The number of nitrogens with zero attached hydrogens (tertiary/aromatic N) is 14. The maximum Gasteiger partial charge on any atom is 0.387 e. The summed E-state index contributed by atoms with van der Waals surface area (Å²) in [5.41, 5.74) is 9.21. The van der Waals surface area contributed by atoms with Gasteiger partial charge in [0.2, 0.25) is 23.7 Å². The van der Waals surface area contributed by atoms with Gasteiger partial charge in [-0.15, -0.1) is 0 Å². The molecule has 5 aromatic heterocycles. The summed E-state index contributed by atoms with van der Waals surface area (Å²) in [5.74, 6) is 0.713. The number of hydrogen-bond donors (Lipinski definition) is 0. The van der Waals surface area contributed by atoms with Crippen LogP contribution in [0.15, 0.2) is 191 Å². The zero-order chi connectivity index (χ0) is 92.1. The Morgan fingerprint density at radius 1 is 0.441 bits per heavy atom. The SMILES string of the molecule is CCCCc1ccc(OC(F)F)c(Cn2c3cc(Br)ccc3c(=O)n2C)c1.CCN(Cc1ccc(OC(F)F)c(Cn2c3cc(-c4cnc(N5CCN(C(C)=O)[C@H](C)C5)nc4)ccc3c(=O)n2C)c1)C(C)=O.CCN(Cc1ccc(OC(F)F)c(Cn2c3cc(Br)ccc3c(=O)n2C)c1)C(C)=O.Cn1c(=O)c2ccc(Br)cc2n1Cc1cc(CBr)ccc1OC(F)F. The first kappa shape index (κ1) is 96.3. The predicted octanol–water partition coefficient (Wildman–Crippen LogP) is 17.7. The average Bonchev–Trinajstić information content (AvgIpc) is 1.64. The fourth-order valence-electron chi connectivity index (χ4n) is 15.3. The summed E-state index contributed by atoms with van der Waals surface area (Å²) in [4.78, 5) is 103. The monoisotopic (exact) mass is 2010 g/mol. The Balaban J connectivity index is 0.000000169. The normalized spacial score (nSPS) is 12.7. The number of halogens is 12. The number of fused-ring (bicyclic) bond motifs is 4. The van der Waals surface area contributed by atoms with Crippen molar-refractivity contribution in [3.05, 3.63) is 257 Å². The molecule has 13 aromatic rings. The minimum absolute atomic E-state index is 0.00693. The number of amides is 3. The second kappa shape index (κ2) is 43.0. The Morgan fingerprint density at radius 3 is 1.09 bits per heavy atom. The van der Waals surface area contributed by atoms with E-state index in [-0.39, 0.29) is 95.2 Å². The number of ether oxygens (including phenoxy) is 4. The highest BCUT2D eigenvalue weighted by Gasteiger charge is 2.29. The molecule has 1 fully saturated rings. The fourth-order valence-corrected chi connectivity index (χ4v) is 16.7. The lowest BCUT2D eigenvalue weighted by Gasteiger charge is -2.39. The molecule has 674 valence electrons. The topological polar surface area (TPSA) is 235 Å². The molecular weight excluding hydrogens is 1920 g/mol. The largest absolute Gasteiger partial charge is 0.434 e. The average molecular weight is 2020 g/mol. The number of carbonyl (C=O) groups excluding carboxylic acids is 3. The van der Waals surface area contributed by atoms with Crippen LogP contribution in [-0.4, -0.2) is 145 Å². The number of rotatable bonds is 28. The minimum Gasteiger partial charge on any atom is -0.434 e. The maximum atomic E-state index is 13.3. The molecule has 0 bridgehead atoms. The van der Waals surface area contributed by atoms with Gasteiger partial charge in [0.05, 0.1) is 69.8 Å². The lowest BCUT2D eigenvalue weighted by molar-refractivity contribution is -0.131. The van der Waals surface area contributed by atoms with Crippen molar-refractivity contribution in [3.8, 4) is 34.1 Å². The summed E-state index contributed by atoms with van der Waals surface area (Å²) in [6.07, 6.45) is 6.39. The molecule has 1 aliphatic rings. The number of alkyl halides is 9. The molecule has 6 heterocycles. The number of anilines is 1. The van der Waals surface area contributed by atoms with E-state index in [1.165, 1.54) is 50.8 Å². The van der Waals surface area contributed by atoms with Crippen molar-refractivity contribution < 1.29 is 68.5 Å². The first-order valence-electron chi connectivity index (χ1n) is 40.4. The maximum absolute atomic E-state index is 13.3. The van der Waals surface area contributed by atoms with Gasteiger partial charge in [0.25, 0.3) is 22.2 Å². The van der Waals surface area contributed by atoms with Gasteiger partial charge in [-0.1, -0.05) is 113 Å². The second-order valence-electron chi connectivity index (χ2n) is 30.1. The van der Waals surface area contributed by atoms with E-state index in [1.807, 2.05) is 74.2 Å². The Kier molecular flexibility index (Phi) is 32.6.